The number of aryl methyl sites for hydroxylation is 1. The van der Waals surface area contributed by atoms with E-state index in [0.717, 1.165) is 16.8 Å². The zero-order valence-corrected chi connectivity index (χ0v) is 11.7. The standard InChI is InChI=1S/C16H17N3O2/c1-10-8-13(16(18)21)6-7-14(10)19-9-11-2-4-12(5-3-11)15(17)20/h2-8,19H,9H2,1H3,(H2,17,20)(H2,18,21). The van der Waals surface area contributed by atoms with Crippen LogP contribution < -0.4 is 16.8 Å². The molecule has 0 radical (unpaired) electrons. The number of primary amides is 2. The molecule has 108 valence electrons. The SMILES string of the molecule is Cc1cc(C(N)=O)ccc1NCc1ccc(C(N)=O)cc1. The molecule has 0 atom stereocenters. The number of hydrogen-bond donors (Lipinski definition) is 3. The number of benzene rings is 2. The second-order valence-electron chi connectivity index (χ2n) is 4.81. The van der Waals surface area contributed by atoms with Gasteiger partial charge in [-0.1, -0.05) is 12.1 Å². The summed E-state index contributed by atoms with van der Waals surface area (Å²) in [5.41, 5.74) is 14.3. The highest BCUT2D eigenvalue weighted by Gasteiger charge is 2.04. The average Bonchev–Trinajstić information content (AvgIpc) is 2.46. The molecule has 0 aromatic heterocycles. The maximum atomic E-state index is 11.1. The van der Waals surface area contributed by atoms with Crippen molar-refractivity contribution in [2.45, 2.75) is 13.5 Å². The van der Waals surface area contributed by atoms with Gasteiger partial charge in [0.15, 0.2) is 0 Å². The molecule has 0 aliphatic carbocycles. The van der Waals surface area contributed by atoms with Crippen LogP contribution in [0.15, 0.2) is 42.5 Å². The summed E-state index contributed by atoms with van der Waals surface area (Å²) in [6, 6.07) is 12.4. The quantitative estimate of drug-likeness (QED) is 0.780. The molecule has 0 aliphatic rings. The smallest absolute Gasteiger partial charge is 0.248 e. The Bertz CT molecular complexity index is 678. The van der Waals surface area contributed by atoms with Crippen LogP contribution in [-0.4, -0.2) is 11.8 Å². The fourth-order valence-corrected chi connectivity index (χ4v) is 2.00. The van der Waals surface area contributed by atoms with E-state index in [2.05, 4.69) is 5.32 Å². The topological polar surface area (TPSA) is 98.2 Å². The first-order valence-corrected chi connectivity index (χ1v) is 6.50. The Balaban J connectivity index is 2.06. The van der Waals surface area contributed by atoms with Crippen molar-refractivity contribution in [1.82, 2.24) is 0 Å². The Hall–Kier alpha value is -2.82. The maximum Gasteiger partial charge on any atom is 0.248 e. The van der Waals surface area contributed by atoms with Gasteiger partial charge in [0, 0.05) is 23.4 Å². The second kappa shape index (κ2) is 6.09. The van der Waals surface area contributed by atoms with E-state index in [9.17, 15) is 9.59 Å². The molecule has 2 rings (SSSR count). The van der Waals surface area contributed by atoms with Gasteiger partial charge in [0.25, 0.3) is 0 Å². The van der Waals surface area contributed by atoms with E-state index in [1.165, 1.54) is 0 Å². The van der Waals surface area contributed by atoms with Gasteiger partial charge in [-0.3, -0.25) is 9.59 Å². The Labute approximate surface area is 123 Å². The van der Waals surface area contributed by atoms with Crippen molar-refractivity contribution in [2.24, 2.45) is 11.5 Å². The van der Waals surface area contributed by atoms with Crippen LogP contribution in [0.1, 0.15) is 31.8 Å². The Morgan fingerprint density at radius 3 is 2.05 bits per heavy atom. The summed E-state index contributed by atoms with van der Waals surface area (Å²) in [5.74, 6) is -0.876. The number of carbonyl (C=O) groups is 2. The van der Waals surface area contributed by atoms with E-state index >= 15 is 0 Å². The van der Waals surface area contributed by atoms with Crippen LogP contribution in [0.2, 0.25) is 0 Å². The van der Waals surface area contributed by atoms with Gasteiger partial charge in [-0.2, -0.15) is 0 Å². The summed E-state index contributed by atoms with van der Waals surface area (Å²) in [5, 5.41) is 3.28. The molecule has 5 nitrogen and oxygen atoms in total. The molecule has 0 aliphatic heterocycles. The summed E-state index contributed by atoms with van der Waals surface area (Å²) < 4.78 is 0. The lowest BCUT2D eigenvalue weighted by Gasteiger charge is -2.10. The van der Waals surface area contributed by atoms with E-state index in [-0.39, 0.29) is 0 Å². The number of nitrogens with one attached hydrogen (secondary N) is 1. The van der Waals surface area contributed by atoms with Crippen LogP contribution in [0.4, 0.5) is 5.69 Å². The van der Waals surface area contributed by atoms with Crippen molar-refractivity contribution < 1.29 is 9.59 Å². The highest BCUT2D eigenvalue weighted by atomic mass is 16.1. The lowest BCUT2D eigenvalue weighted by Crippen LogP contribution is -2.12. The van der Waals surface area contributed by atoms with Crippen LogP contribution in [0, 0.1) is 6.92 Å². The molecule has 5 heteroatoms. The van der Waals surface area contributed by atoms with Gasteiger partial charge in [-0.25, -0.2) is 0 Å². The normalized spacial score (nSPS) is 10.1. The van der Waals surface area contributed by atoms with Crippen molar-refractivity contribution in [3.63, 3.8) is 0 Å². The molecule has 0 fully saturated rings. The third kappa shape index (κ3) is 3.60. The lowest BCUT2D eigenvalue weighted by atomic mass is 10.1. The number of carbonyl (C=O) groups excluding carboxylic acids is 2. The summed E-state index contributed by atoms with van der Waals surface area (Å²) in [4.78, 5) is 22.1. The molecule has 0 bridgehead atoms. The lowest BCUT2D eigenvalue weighted by molar-refractivity contribution is 0.0992. The van der Waals surface area contributed by atoms with E-state index in [0.29, 0.717) is 17.7 Å². The molecule has 21 heavy (non-hydrogen) atoms. The van der Waals surface area contributed by atoms with Crippen LogP contribution in [0.5, 0.6) is 0 Å². The summed E-state index contributed by atoms with van der Waals surface area (Å²) in [6.45, 7) is 2.51. The first-order valence-electron chi connectivity index (χ1n) is 6.50. The van der Waals surface area contributed by atoms with Gasteiger partial charge in [0.05, 0.1) is 0 Å². The van der Waals surface area contributed by atoms with Crippen LogP contribution in [0.3, 0.4) is 0 Å². The second-order valence-corrected chi connectivity index (χ2v) is 4.81. The fraction of sp³-hybridized carbons (Fsp3) is 0.125. The summed E-state index contributed by atoms with van der Waals surface area (Å²) in [7, 11) is 0. The van der Waals surface area contributed by atoms with Crippen LogP contribution >= 0.6 is 0 Å². The van der Waals surface area contributed by atoms with Gasteiger partial charge in [0.2, 0.25) is 11.8 Å². The van der Waals surface area contributed by atoms with Crippen LogP contribution in [0.25, 0.3) is 0 Å². The third-order valence-corrected chi connectivity index (χ3v) is 3.23. The molecule has 2 aromatic rings. The minimum atomic E-state index is -0.438. The number of rotatable bonds is 5. The van der Waals surface area contributed by atoms with E-state index < -0.39 is 11.8 Å². The zero-order chi connectivity index (χ0) is 15.4. The van der Waals surface area contributed by atoms with Gasteiger partial charge >= 0.3 is 0 Å². The van der Waals surface area contributed by atoms with Crippen molar-refractivity contribution >= 4 is 17.5 Å². The molecule has 0 saturated carbocycles. The first-order chi connectivity index (χ1) is 9.97. The summed E-state index contributed by atoms with van der Waals surface area (Å²) >= 11 is 0. The number of anilines is 1. The van der Waals surface area contributed by atoms with E-state index in [1.54, 1.807) is 24.3 Å². The number of hydrogen-bond acceptors (Lipinski definition) is 3. The van der Waals surface area contributed by atoms with Gasteiger partial charge < -0.3 is 16.8 Å². The molecule has 5 N–H and O–H groups in total. The Morgan fingerprint density at radius 1 is 0.952 bits per heavy atom. The monoisotopic (exact) mass is 283 g/mol. The molecule has 0 heterocycles. The predicted octanol–water partition coefficient (Wildman–Crippen LogP) is 1.80. The molecule has 0 spiro atoms. The van der Waals surface area contributed by atoms with Gasteiger partial charge in [-0.05, 0) is 48.4 Å². The zero-order valence-electron chi connectivity index (χ0n) is 11.7. The van der Waals surface area contributed by atoms with E-state index in [1.807, 2.05) is 25.1 Å². The molecule has 2 amide bonds. The largest absolute Gasteiger partial charge is 0.381 e. The van der Waals surface area contributed by atoms with Crippen molar-refractivity contribution in [2.75, 3.05) is 5.32 Å². The van der Waals surface area contributed by atoms with E-state index in [4.69, 9.17) is 11.5 Å². The first kappa shape index (κ1) is 14.6. The average molecular weight is 283 g/mol. The third-order valence-electron chi connectivity index (χ3n) is 3.23. The maximum absolute atomic E-state index is 11.1. The van der Waals surface area contributed by atoms with Crippen molar-refractivity contribution in [1.29, 1.82) is 0 Å². The predicted molar refractivity (Wildman–Crippen MR) is 82.0 cm³/mol. The van der Waals surface area contributed by atoms with Gasteiger partial charge in [0.1, 0.15) is 0 Å². The Kier molecular flexibility index (Phi) is 4.23. The van der Waals surface area contributed by atoms with Crippen molar-refractivity contribution in [3.8, 4) is 0 Å². The van der Waals surface area contributed by atoms with Gasteiger partial charge in [-0.15, -0.1) is 0 Å². The molecule has 0 unspecified atom stereocenters. The molecule has 0 saturated heterocycles. The van der Waals surface area contributed by atoms with Crippen LogP contribution in [-0.2, 0) is 6.54 Å². The number of nitrogens with two attached hydrogens (primary N) is 2. The fourth-order valence-electron chi connectivity index (χ4n) is 2.00. The minimum Gasteiger partial charge on any atom is -0.381 e. The highest BCUT2D eigenvalue weighted by molar-refractivity contribution is 5.93. The van der Waals surface area contributed by atoms with Crippen molar-refractivity contribution in [3.05, 3.63) is 64.7 Å². The molecule has 2 aromatic carbocycles. The molecular formula is C16H17N3O2. The molecular weight excluding hydrogens is 266 g/mol. The Morgan fingerprint density at radius 2 is 1.52 bits per heavy atom. The summed E-state index contributed by atoms with van der Waals surface area (Å²) in [6.07, 6.45) is 0. The minimum absolute atomic E-state index is 0.438. The number of amides is 2. The highest BCUT2D eigenvalue weighted by Crippen LogP contribution is 2.17.